The molecule has 0 radical (unpaired) electrons. The van der Waals surface area contributed by atoms with Crippen molar-refractivity contribution in [2.75, 3.05) is 0 Å². The quantitative estimate of drug-likeness (QED) is 0.721. The highest BCUT2D eigenvalue weighted by Gasteiger charge is 2.14. The van der Waals surface area contributed by atoms with Crippen molar-refractivity contribution in [3.8, 4) is 0 Å². The van der Waals surface area contributed by atoms with Crippen LogP contribution in [0.5, 0.6) is 0 Å². The van der Waals surface area contributed by atoms with Crippen LogP contribution >= 0.6 is 0 Å². The number of benzene rings is 2. The lowest BCUT2D eigenvalue weighted by atomic mass is 9.97. The first-order valence-corrected chi connectivity index (χ1v) is 9.71. The second-order valence-electron chi connectivity index (χ2n) is 7.53. The van der Waals surface area contributed by atoms with Crippen LogP contribution in [0.2, 0.25) is 0 Å². The molecule has 0 fully saturated rings. The number of ketones is 1. The normalized spacial score (nSPS) is 11.7. The highest BCUT2D eigenvalue weighted by molar-refractivity contribution is 5.83. The van der Waals surface area contributed by atoms with Gasteiger partial charge in [-0.25, -0.2) is 0 Å². The molecule has 1 unspecified atom stereocenters. The van der Waals surface area contributed by atoms with E-state index >= 15 is 0 Å². The van der Waals surface area contributed by atoms with Crippen LogP contribution in [0, 0.1) is 19.8 Å². The molecule has 0 aromatic heterocycles. The van der Waals surface area contributed by atoms with E-state index in [1.165, 1.54) is 22.3 Å². The molecule has 0 aliphatic carbocycles. The molecule has 0 amide bonds. The Balaban J connectivity index is 0.000000314. The van der Waals surface area contributed by atoms with E-state index in [-0.39, 0.29) is 11.8 Å². The van der Waals surface area contributed by atoms with Crippen molar-refractivity contribution < 1.29 is 4.79 Å². The standard InChI is InChI=1S/C15H23NO.C9H12/c1-11(2)10-14(16)15(17)9-8-13-6-4-12(3)5-7-13;1-3-9-6-4-8(2)5-7-9/h4-7,11,14H,8-10,16H2,1-3H3;4-7H,3H2,1-2H3. The molecule has 2 rings (SSSR count). The fraction of sp³-hybridized carbons (Fsp3) is 0.458. The molecule has 1 atom stereocenters. The molecule has 2 aromatic carbocycles. The van der Waals surface area contributed by atoms with E-state index in [2.05, 4.69) is 83.1 Å². The average molecular weight is 354 g/mol. The SMILES string of the molecule is CCc1ccc(C)cc1.Cc1ccc(CCC(=O)C(N)CC(C)C)cc1. The van der Waals surface area contributed by atoms with Crippen LogP contribution in [-0.4, -0.2) is 11.8 Å². The largest absolute Gasteiger partial charge is 0.322 e. The first kappa shape index (κ1) is 22.1. The van der Waals surface area contributed by atoms with Gasteiger partial charge in [0.05, 0.1) is 6.04 Å². The molecule has 0 spiro atoms. The summed E-state index contributed by atoms with van der Waals surface area (Å²) < 4.78 is 0. The van der Waals surface area contributed by atoms with E-state index in [1.807, 2.05) is 0 Å². The van der Waals surface area contributed by atoms with E-state index in [1.54, 1.807) is 0 Å². The molecule has 142 valence electrons. The summed E-state index contributed by atoms with van der Waals surface area (Å²) in [5.41, 5.74) is 11.1. The maximum Gasteiger partial charge on any atom is 0.149 e. The summed E-state index contributed by atoms with van der Waals surface area (Å²) in [7, 11) is 0. The van der Waals surface area contributed by atoms with Crippen molar-refractivity contribution in [2.24, 2.45) is 11.7 Å². The minimum Gasteiger partial charge on any atom is -0.322 e. The Morgan fingerprint density at radius 2 is 1.35 bits per heavy atom. The predicted octanol–water partition coefficient (Wildman–Crippen LogP) is 5.43. The van der Waals surface area contributed by atoms with Crippen LogP contribution in [0.4, 0.5) is 0 Å². The molecule has 2 heteroatoms. The third-order valence-corrected chi connectivity index (χ3v) is 4.45. The summed E-state index contributed by atoms with van der Waals surface area (Å²) in [6.07, 6.45) is 3.27. The summed E-state index contributed by atoms with van der Waals surface area (Å²) in [5.74, 6) is 0.660. The van der Waals surface area contributed by atoms with Gasteiger partial charge in [-0.3, -0.25) is 4.79 Å². The van der Waals surface area contributed by atoms with Crippen molar-refractivity contribution in [3.63, 3.8) is 0 Å². The summed E-state index contributed by atoms with van der Waals surface area (Å²) >= 11 is 0. The van der Waals surface area contributed by atoms with Crippen molar-refractivity contribution in [1.82, 2.24) is 0 Å². The Hall–Kier alpha value is -1.93. The molecule has 0 saturated carbocycles. The van der Waals surface area contributed by atoms with Gasteiger partial charge in [-0.05, 0) is 50.2 Å². The van der Waals surface area contributed by atoms with Gasteiger partial charge in [-0.15, -0.1) is 0 Å². The Labute approximate surface area is 159 Å². The molecule has 0 aliphatic rings. The second kappa shape index (κ2) is 11.6. The summed E-state index contributed by atoms with van der Waals surface area (Å²) in [5, 5.41) is 0. The topological polar surface area (TPSA) is 43.1 Å². The number of rotatable bonds is 7. The van der Waals surface area contributed by atoms with Crippen molar-refractivity contribution >= 4 is 5.78 Å². The van der Waals surface area contributed by atoms with Crippen molar-refractivity contribution in [2.45, 2.75) is 66.3 Å². The van der Waals surface area contributed by atoms with Gasteiger partial charge in [0.25, 0.3) is 0 Å². The number of nitrogens with two attached hydrogens (primary N) is 1. The van der Waals surface area contributed by atoms with E-state index in [9.17, 15) is 4.79 Å². The molecule has 2 N–H and O–H groups in total. The second-order valence-corrected chi connectivity index (χ2v) is 7.53. The Morgan fingerprint density at radius 1 is 0.885 bits per heavy atom. The van der Waals surface area contributed by atoms with Crippen LogP contribution in [0.3, 0.4) is 0 Å². The minimum absolute atomic E-state index is 0.180. The van der Waals surface area contributed by atoms with Gasteiger partial charge in [0.15, 0.2) is 0 Å². The van der Waals surface area contributed by atoms with Crippen molar-refractivity contribution in [1.29, 1.82) is 0 Å². The van der Waals surface area contributed by atoms with Crippen LogP contribution in [0.25, 0.3) is 0 Å². The monoisotopic (exact) mass is 353 g/mol. The molecule has 0 heterocycles. The highest BCUT2D eigenvalue weighted by Crippen LogP contribution is 2.09. The van der Waals surface area contributed by atoms with Gasteiger partial charge < -0.3 is 5.73 Å². The maximum absolute atomic E-state index is 11.8. The third-order valence-electron chi connectivity index (χ3n) is 4.45. The third kappa shape index (κ3) is 8.96. The zero-order valence-corrected chi connectivity index (χ0v) is 17.1. The molecule has 0 aliphatic heterocycles. The van der Waals surface area contributed by atoms with Crippen LogP contribution in [0.1, 0.15) is 55.9 Å². The maximum atomic E-state index is 11.8. The number of aryl methyl sites for hydroxylation is 4. The lowest BCUT2D eigenvalue weighted by Gasteiger charge is -2.12. The van der Waals surface area contributed by atoms with Crippen LogP contribution in [0.15, 0.2) is 48.5 Å². The molecule has 0 saturated heterocycles. The van der Waals surface area contributed by atoms with Gasteiger partial charge >= 0.3 is 0 Å². The molecule has 2 nitrogen and oxygen atoms in total. The Bertz CT molecular complexity index is 641. The number of hydrogen-bond donors (Lipinski definition) is 1. The number of carbonyl (C=O) groups is 1. The zero-order valence-electron chi connectivity index (χ0n) is 17.1. The van der Waals surface area contributed by atoms with Gasteiger partial charge in [-0.1, -0.05) is 80.4 Å². The smallest absolute Gasteiger partial charge is 0.149 e. The minimum atomic E-state index is -0.291. The number of hydrogen-bond acceptors (Lipinski definition) is 2. The fourth-order valence-corrected chi connectivity index (χ4v) is 2.67. The molecule has 26 heavy (non-hydrogen) atoms. The average Bonchev–Trinajstić information content (AvgIpc) is 2.61. The zero-order chi connectivity index (χ0) is 19.5. The summed E-state index contributed by atoms with van der Waals surface area (Å²) in [4.78, 5) is 11.8. The lowest BCUT2D eigenvalue weighted by molar-refractivity contribution is -0.120. The lowest BCUT2D eigenvalue weighted by Crippen LogP contribution is -2.32. The fourth-order valence-electron chi connectivity index (χ4n) is 2.67. The first-order valence-electron chi connectivity index (χ1n) is 9.71. The Morgan fingerprint density at radius 3 is 1.77 bits per heavy atom. The molecular weight excluding hydrogens is 318 g/mol. The molecule has 0 bridgehead atoms. The van der Waals surface area contributed by atoms with E-state index < -0.39 is 0 Å². The van der Waals surface area contributed by atoms with E-state index in [0.717, 1.165) is 19.3 Å². The molecular formula is C24H35NO. The van der Waals surface area contributed by atoms with E-state index in [4.69, 9.17) is 5.73 Å². The van der Waals surface area contributed by atoms with Gasteiger partial charge in [0.1, 0.15) is 5.78 Å². The van der Waals surface area contributed by atoms with Crippen LogP contribution in [-0.2, 0) is 17.6 Å². The number of Topliss-reactive ketones (excluding diaryl/α,β-unsaturated/α-hetero) is 1. The van der Waals surface area contributed by atoms with Gasteiger partial charge in [-0.2, -0.15) is 0 Å². The Kier molecular flexibility index (Phi) is 9.90. The summed E-state index contributed by atoms with van der Waals surface area (Å²) in [6, 6.07) is 16.7. The number of carbonyl (C=O) groups excluding carboxylic acids is 1. The summed E-state index contributed by atoms with van der Waals surface area (Å²) in [6.45, 7) is 10.5. The first-order chi connectivity index (χ1) is 12.3. The highest BCUT2D eigenvalue weighted by atomic mass is 16.1. The molecule has 2 aromatic rings. The van der Waals surface area contributed by atoms with E-state index in [0.29, 0.717) is 12.3 Å². The van der Waals surface area contributed by atoms with Gasteiger partial charge in [0, 0.05) is 6.42 Å². The van der Waals surface area contributed by atoms with Gasteiger partial charge in [0.2, 0.25) is 0 Å². The van der Waals surface area contributed by atoms with Crippen molar-refractivity contribution in [3.05, 3.63) is 70.8 Å². The predicted molar refractivity (Wildman–Crippen MR) is 112 cm³/mol. The van der Waals surface area contributed by atoms with Crippen LogP contribution < -0.4 is 5.73 Å².